The van der Waals surface area contributed by atoms with Gasteiger partial charge in [-0.05, 0) is 18.9 Å². The molecule has 3 heterocycles. The summed E-state index contributed by atoms with van der Waals surface area (Å²) in [4.78, 5) is 18.0. The van der Waals surface area contributed by atoms with Gasteiger partial charge < -0.3 is 9.72 Å². The van der Waals surface area contributed by atoms with E-state index in [9.17, 15) is 13.2 Å². The topological polar surface area (TPSA) is 89.1 Å². The van der Waals surface area contributed by atoms with Crippen molar-refractivity contribution in [3.8, 4) is 5.75 Å². The molecule has 2 aromatic heterocycles. The molecule has 6 nitrogen and oxygen atoms in total. The molecule has 0 saturated carbocycles. The zero-order valence-electron chi connectivity index (χ0n) is 10.7. The Labute approximate surface area is 116 Å². The molecule has 1 aliphatic rings. The quantitative estimate of drug-likeness (QED) is 0.863. The van der Waals surface area contributed by atoms with Gasteiger partial charge in [0.05, 0.1) is 17.7 Å². The summed E-state index contributed by atoms with van der Waals surface area (Å²) in [5.74, 6) is 0.887. The zero-order chi connectivity index (χ0) is 14.2. The number of aromatic amines is 1. The maximum atomic E-state index is 11.4. The molecule has 0 aromatic carbocycles. The molecule has 7 heteroatoms. The fourth-order valence-corrected chi connectivity index (χ4v) is 3.79. The maximum absolute atomic E-state index is 11.4. The highest BCUT2D eigenvalue weighted by Crippen LogP contribution is 2.24. The Kier molecular flexibility index (Phi) is 3.21. The van der Waals surface area contributed by atoms with Crippen molar-refractivity contribution >= 4 is 27.2 Å². The Morgan fingerprint density at radius 1 is 1.35 bits per heavy atom. The number of carbonyl (C=O) groups is 1. The molecule has 1 N–H and O–H groups in total. The summed E-state index contributed by atoms with van der Waals surface area (Å²) < 4.78 is 28.5. The molecule has 0 atom stereocenters. The molecule has 1 fully saturated rings. The number of hydrogen-bond donors (Lipinski definition) is 1. The van der Waals surface area contributed by atoms with Crippen LogP contribution in [0.2, 0.25) is 0 Å². The van der Waals surface area contributed by atoms with Crippen LogP contribution in [0, 0.1) is 0 Å². The van der Waals surface area contributed by atoms with Crippen LogP contribution in [0.25, 0.3) is 11.0 Å². The lowest BCUT2D eigenvalue weighted by Crippen LogP contribution is -2.30. The van der Waals surface area contributed by atoms with E-state index in [0.717, 1.165) is 6.29 Å². The number of aldehydes is 1. The van der Waals surface area contributed by atoms with E-state index in [0.29, 0.717) is 35.2 Å². The average Bonchev–Trinajstić information content (AvgIpc) is 2.83. The summed E-state index contributed by atoms with van der Waals surface area (Å²) in [6.07, 6.45) is 4.81. The van der Waals surface area contributed by atoms with Crippen molar-refractivity contribution in [3.63, 3.8) is 0 Å². The molecule has 0 aliphatic carbocycles. The van der Waals surface area contributed by atoms with Gasteiger partial charge in [0.2, 0.25) is 0 Å². The van der Waals surface area contributed by atoms with E-state index >= 15 is 0 Å². The monoisotopic (exact) mass is 294 g/mol. The van der Waals surface area contributed by atoms with E-state index in [2.05, 4.69) is 9.97 Å². The summed E-state index contributed by atoms with van der Waals surface area (Å²) in [6.45, 7) is 0. The number of aromatic nitrogens is 2. The molecular weight excluding hydrogens is 280 g/mol. The van der Waals surface area contributed by atoms with Crippen LogP contribution >= 0.6 is 0 Å². The molecule has 0 unspecified atom stereocenters. The van der Waals surface area contributed by atoms with Gasteiger partial charge in [0.15, 0.2) is 16.1 Å². The predicted molar refractivity (Wildman–Crippen MR) is 73.8 cm³/mol. The second-order valence-electron chi connectivity index (χ2n) is 4.90. The highest BCUT2D eigenvalue weighted by Gasteiger charge is 2.25. The number of fused-ring (bicyclic) bond motifs is 1. The number of carbonyl (C=O) groups excluding carboxylic acids is 1. The van der Waals surface area contributed by atoms with Crippen LogP contribution in [-0.4, -0.2) is 42.3 Å². The lowest BCUT2D eigenvalue weighted by atomic mass is 10.2. The van der Waals surface area contributed by atoms with Gasteiger partial charge in [0.25, 0.3) is 0 Å². The number of nitrogens with one attached hydrogen (secondary N) is 1. The Morgan fingerprint density at radius 2 is 2.10 bits per heavy atom. The highest BCUT2D eigenvalue weighted by molar-refractivity contribution is 7.91. The molecule has 106 valence electrons. The summed E-state index contributed by atoms with van der Waals surface area (Å²) in [5, 5.41) is 0.709. The number of ether oxygens (including phenoxy) is 1. The third kappa shape index (κ3) is 2.53. The van der Waals surface area contributed by atoms with Gasteiger partial charge in [-0.2, -0.15) is 0 Å². The van der Waals surface area contributed by atoms with Crippen LogP contribution in [0.5, 0.6) is 5.75 Å². The highest BCUT2D eigenvalue weighted by atomic mass is 32.2. The van der Waals surface area contributed by atoms with Gasteiger partial charge in [0.1, 0.15) is 17.5 Å². The zero-order valence-corrected chi connectivity index (χ0v) is 11.5. The van der Waals surface area contributed by atoms with Crippen LogP contribution in [-0.2, 0) is 9.84 Å². The number of rotatable bonds is 3. The Balaban J connectivity index is 1.79. The van der Waals surface area contributed by atoms with E-state index in [1.54, 1.807) is 18.5 Å². The van der Waals surface area contributed by atoms with Crippen LogP contribution in [0.15, 0.2) is 18.5 Å². The van der Waals surface area contributed by atoms with Gasteiger partial charge in [-0.1, -0.05) is 0 Å². The first-order chi connectivity index (χ1) is 9.57. The lowest BCUT2D eigenvalue weighted by Gasteiger charge is -2.23. The van der Waals surface area contributed by atoms with Crippen molar-refractivity contribution in [2.45, 2.75) is 18.9 Å². The number of H-pyrrole nitrogens is 1. The number of nitrogens with zero attached hydrogens (tertiary/aromatic N) is 1. The van der Waals surface area contributed by atoms with Gasteiger partial charge >= 0.3 is 0 Å². The first-order valence-electron chi connectivity index (χ1n) is 6.37. The molecule has 0 bridgehead atoms. The second kappa shape index (κ2) is 4.90. The minimum absolute atomic E-state index is 0.114. The molecule has 0 radical (unpaired) electrons. The van der Waals surface area contributed by atoms with Gasteiger partial charge in [-0.3, -0.25) is 4.79 Å². The molecule has 3 rings (SSSR count). The lowest BCUT2D eigenvalue weighted by molar-refractivity contribution is 0.112. The third-order valence-corrected chi connectivity index (χ3v) is 5.18. The van der Waals surface area contributed by atoms with Crippen molar-refractivity contribution in [3.05, 3.63) is 24.0 Å². The number of pyridine rings is 1. The van der Waals surface area contributed by atoms with E-state index < -0.39 is 9.84 Å². The van der Waals surface area contributed by atoms with E-state index in [-0.39, 0.29) is 17.6 Å². The Hall–Kier alpha value is -1.89. The number of hydrogen-bond acceptors (Lipinski definition) is 5. The van der Waals surface area contributed by atoms with Crippen molar-refractivity contribution in [1.29, 1.82) is 0 Å². The summed E-state index contributed by atoms with van der Waals surface area (Å²) >= 11 is 0. The van der Waals surface area contributed by atoms with Crippen molar-refractivity contribution in [2.75, 3.05) is 11.5 Å². The predicted octanol–water partition coefficient (Wildman–Crippen LogP) is 1.33. The molecular formula is C13H14N2O4S. The summed E-state index contributed by atoms with van der Waals surface area (Å²) in [6, 6.07) is 1.76. The third-order valence-electron chi connectivity index (χ3n) is 3.47. The molecule has 1 saturated heterocycles. The average molecular weight is 294 g/mol. The normalized spacial score (nSPS) is 19.0. The summed E-state index contributed by atoms with van der Waals surface area (Å²) in [7, 11) is -2.89. The van der Waals surface area contributed by atoms with Crippen molar-refractivity contribution in [2.24, 2.45) is 0 Å². The first-order valence-corrected chi connectivity index (χ1v) is 8.19. The molecule has 1 aliphatic heterocycles. The Bertz CT molecular complexity index is 737. The first kappa shape index (κ1) is 13.1. The molecule has 2 aromatic rings. The smallest absolute Gasteiger partial charge is 0.152 e. The van der Waals surface area contributed by atoms with Crippen LogP contribution in [0.3, 0.4) is 0 Å². The SMILES string of the molecule is O=Cc1c[nH]c2ncc(OC3CCS(=O)(=O)CC3)cc12. The minimum atomic E-state index is -2.89. The minimum Gasteiger partial charge on any atom is -0.489 e. The fourth-order valence-electron chi connectivity index (χ4n) is 2.35. The number of sulfone groups is 1. The largest absolute Gasteiger partial charge is 0.489 e. The fraction of sp³-hybridized carbons (Fsp3) is 0.385. The van der Waals surface area contributed by atoms with Gasteiger partial charge in [-0.15, -0.1) is 0 Å². The van der Waals surface area contributed by atoms with Crippen LogP contribution < -0.4 is 4.74 Å². The molecule has 0 spiro atoms. The van der Waals surface area contributed by atoms with Gasteiger partial charge in [-0.25, -0.2) is 13.4 Å². The second-order valence-corrected chi connectivity index (χ2v) is 7.20. The van der Waals surface area contributed by atoms with Crippen LogP contribution in [0.4, 0.5) is 0 Å². The molecule has 20 heavy (non-hydrogen) atoms. The van der Waals surface area contributed by atoms with Crippen molar-refractivity contribution in [1.82, 2.24) is 9.97 Å². The van der Waals surface area contributed by atoms with Crippen LogP contribution in [0.1, 0.15) is 23.2 Å². The van der Waals surface area contributed by atoms with E-state index in [4.69, 9.17) is 4.74 Å². The Morgan fingerprint density at radius 3 is 2.80 bits per heavy atom. The summed E-state index contributed by atoms with van der Waals surface area (Å²) in [5.41, 5.74) is 1.16. The van der Waals surface area contributed by atoms with Crippen molar-refractivity contribution < 1.29 is 17.9 Å². The van der Waals surface area contributed by atoms with Gasteiger partial charge in [0, 0.05) is 17.1 Å². The maximum Gasteiger partial charge on any atom is 0.152 e. The van der Waals surface area contributed by atoms with E-state index in [1.165, 1.54) is 0 Å². The molecule has 0 amide bonds. The standard InChI is InChI=1S/C13H14N2O4S/c16-8-9-6-14-13-12(9)5-11(7-15-13)19-10-1-3-20(17,18)4-2-10/h5-8,10H,1-4H2,(H,14,15). The van der Waals surface area contributed by atoms with E-state index in [1.807, 2.05) is 0 Å².